The van der Waals surface area contributed by atoms with Crippen molar-refractivity contribution in [2.75, 3.05) is 11.9 Å². The van der Waals surface area contributed by atoms with Crippen molar-refractivity contribution < 1.29 is 9.21 Å². The molecule has 1 aromatic heterocycles. The molecule has 6 heteroatoms. The minimum atomic E-state index is -0.0689. The van der Waals surface area contributed by atoms with Gasteiger partial charge < -0.3 is 15.1 Å². The third-order valence-corrected chi connectivity index (χ3v) is 3.09. The fraction of sp³-hybridized carbons (Fsp3) is 0.357. The van der Waals surface area contributed by atoms with Crippen LogP contribution < -0.4 is 10.6 Å². The fourth-order valence-electron chi connectivity index (χ4n) is 1.90. The number of carbonyl (C=O) groups excluding carboxylic acids is 1. The Bertz CT molecular complexity index is 619. The van der Waals surface area contributed by atoms with Gasteiger partial charge in [0.1, 0.15) is 0 Å². The Hall–Kier alpha value is -2.21. The van der Waals surface area contributed by atoms with Crippen LogP contribution in [0.25, 0.3) is 11.5 Å². The summed E-state index contributed by atoms with van der Waals surface area (Å²) in [5.41, 5.74) is 1.41. The molecule has 1 fully saturated rings. The van der Waals surface area contributed by atoms with Gasteiger partial charge in [0.05, 0.1) is 17.8 Å². The first-order chi connectivity index (χ1) is 9.72. The molecule has 3 rings (SSSR count). The molecule has 0 atom stereocenters. The highest BCUT2D eigenvalue weighted by molar-refractivity contribution is 5.95. The van der Waals surface area contributed by atoms with E-state index in [0.29, 0.717) is 30.1 Å². The van der Waals surface area contributed by atoms with Gasteiger partial charge >= 0.3 is 0 Å². The normalized spacial score (nSPS) is 14.2. The maximum absolute atomic E-state index is 11.9. The highest BCUT2D eigenvalue weighted by Gasteiger charge is 2.21. The van der Waals surface area contributed by atoms with Crippen molar-refractivity contribution in [3.63, 3.8) is 0 Å². The lowest BCUT2D eigenvalue weighted by atomic mass is 10.1. The first kappa shape index (κ1) is 12.8. The van der Waals surface area contributed by atoms with Gasteiger partial charge in [-0.05, 0) is 25.0 Å². The molecule has 1 heterocycles. The molecular formula is C14H16N4O2. The molecule has 0 saturated heterocycles. The lowest BCUT2D eigenvalue weighted by molar-refractivity contribution is -0.115. The highest BCUT2D eigenvalue weighted by Crippen LogP contribution is 2.26. The summed E-state index contributed by atoms with van der Waals surface area (Å²) >= 11 is 0. The van der Waals surface area contributed by atoms with Gasteiger partial charge in [-0.2, -0.15) is 0 Å². The lowest BCUT2D eigenvalue weighted by Gasteiger charge is -2.09. The number of hydrogen-bond acceptors (Lipinski definition) is 5. The number of aromatic nitrogens is 2. The highest BCUT2D eigenvalue weighted by atomic mass is 16.4. The first-order valence-electron chi connectivity index (χ1n) is 6.65. The summed E-state index contributed by atoms with van der Waals surface area (Å²) in [6.07, 6.45) is 2.32. The molecule has 0 spiro atoms. The number of carbonyl (C=O) groups is 1. The van der Waals surface area contributed by atoms with Gasteiger partial charge in [-0.25, -0.2) is 0 Å². The molecule has 1 aliphatic carbocycles. The van der Waals surface area contributed by atoms with Crippen LogP contribution in [0.4, 0.5) is 5.69 Å². The number of amides is 1. The van der Waals surface area contributed by atoms with Gasteiger partial charge in [0.2, 0.25) is 17.7 Å². The summed E-state index contributed by atoms with van der Waals surface area (Å²) in [4.78, 5) is 11.9. The Balaban J connectivity index is 1.73. The monoisotopic (exact) mass is 272 g/mol. The van der Waals surface area contributed by atoms with E-state index in [1.165, 1.54) is 0 Å². The summed E-state index contributed by atoms with van der Waals surface area (Å²) in [5.74, 6) is 0.839. The number of hydrogen-bond donors (Lipinski definition) is 2. The Morgan fingerprint density at radius 2 is 2.15 bits per heavy atom. The van der Waals surface area contributed by atoms with Crippen LogP contribution in [-0.2, 0) is 4.79 Å². The number of nitrogens with one attached hydrogen (secondary N) is 2. The maximum atomic E-state index is 11.9. The number of aryl methyl sites for hydroxylation is 1. The predicted octanol–water partition coefficient (Wildman–Crippen LogP) is 1.74. The topological polar surface area (TPSA) is 80.0 Å². The zero-order valence-corrected chi connectivity index (χ0v) is 11.2. The maximum Gasteiger partial charge on any atom is 0.249 e. The minimum absolute atomic E-state index is 0.0689. The van der Waals surface area contributed by atoms with Gasteiger partial charge in [0.15, 0.2) is 0 Å². The predicted molar refractivity (Wildman–Crippen MR) is 74.1 cm³/mol. The van der Waals surface area contributed by atoms with Gasteiger partial charge in [0.25, 0.3) is 0 Å². The van der Waals surface area contributed by atoms with Crippen molar-refractivity contribution in [1.82, 2.24) is 15.5 Å². The molecule has 1 aliphatic rings. The standard InChI is InChI=1S/C14H16N4O2/c1-9-17-18-14(20-9)11-4-2-3-5-12(11)16-13(19)8-15-10-6-7-10/h2-5,10,15H,6-8H2,1H3,(H,16,19). The largest absolute Gasteiger partial charge is 0.421 e. The lowest BCUT2D eigenvalue weighted by Crippen LogP contribution is -2.29. The molecule has 104 valence electrons. The van der Waals surface area contributed by atoms with Crippen LogP contribution in [0.5, 0.6) is 0 Å². The summed E-state index contributed by atoms with van der Waals surface area (Å²) in [7, 11) is 0. The van der Waals surface area contributed by atoms with Crippen LogP contribution in [-0.4, -0.2) is 28.7 Å². The number of anilines is 1. The molecule has 2 N–H and O–H groups in total. The van der Waals surface area contributed by atoms with Crippen LogP contribution in [0.1, 0.15) is 18.7 Å². The van der Waals surface area contributed by atoms with Crippen LogP contribution in [0.3, 0.4) is 0 Å². The van der Waals surface area contributed by atoms with E-state index in [2.05, 4.69) is 20.8 Å². The molecule has 0 unspecified atom stereocenters. The quantitative estimate of drug-likeness (QED) is 0.866. The summed E-state index contributed by atoms with van der Waals surface area (Å²) < 4.78 is 5.41. The molecule has 1 aromatic carbocycles. The van der Waals surface area contributed by atoms with Crippen LogP contribution in [0.2, 0.25) is 0 Å². The van der Waals surface area contributed by atoms with Crippen molar-refractivity contribution in [2.45, 2.75) is 25.8 Å². The minimum Gasteiger partial charge on any atom is -0.421 e. The second kappa shape index (κ2) is 5.42. The average molecular weight is 272 g/mol. The van der Waals surface area contributed by atoms with Crippen molar-refractivity contribution in [2.24, 2.45) is 0 Å². The van der Waals surface area contributed by atoms with Gasteiger partial charge in [-0.15, -0.1) is 10.2 Å². The van der Waals surface area contributed by atoms with E-state index in [9.17, 15) is 4.79 Å². The van der Waals surface area contributed by atoms with E-state index in [-0.39, 0.29) is 5.91 Å². The number of rotatable bonds is 5. The van der Waals surface area contributed by atoms with Crippen LogP contribution >= 0.6 is 0 Å². The van der Waals surface area contributed by atoms with Gasteiger partial charge in [-0.3, -0.25) is 4.79 Å². The van der Waals surface area contributed by atoms with Crippen LogP contribution in [0.15, 0.2) is 28.7 Å². The van der Waals surface area contributed by atoms with Crippen molar-refractivity contribution in [1.29, 1.82) is 0 Å². The zero-order valence-electron chi connectivity index (χ0n) is 11.2. The van der Waals surface area contributed by atoms with E-state index >= 15 is 0 Å². The Kier molecular flexibility index (Phi) is 3.47. The van der Waals surface area contributed by atoms with E-state index in [1.807, 2.05) is 24.3 Å². The average Bonchev–Trinajstić information content (AvgIpc) is 3.18. The van der Waals surface area contributed by atoms with Crippen molar-refractivity contribution in [3.05, 3.63) is 30.2 Å². The van der Waals surface area contributed by atoms with Gasteiger partial charge in [0, 0.05) is 13.0 Å². The van der Waals surface area contributed by atoms with Crippen LogP contribution in [0, 0.1) is 6.92 Å². The molecule has 20 heavy (non-hydrogen) atoms. The molecule has 1 amide bonds. The smallest absolute Gasteiger partial charge is 0.249 e. The summed E-state index contributed by atoms with van der Waals surface area (Å²) in [6, 6.07) is 7.90. The second-order valence-corrected chi connectivity index (χ2v) is 4.88. The zero-order chi connectivity index (χ0) is 13.9. The summed E-state index contributed by atoms with van der Waals surface area (Å²) in [6.45, 7) is 2.05. The Morgan fingerprint density at radius 3 is 2.85 bits per heavy atom. The molecule has 0 aliphatic heterocycles. The molecule has 6 nitrogen and oxygen atoms in total. The number of benzene rings is 1. The van der Waals surface area contributed by atoms with E-state index < -0.39 is 0 Å². The fourth-order valence-corrected chi connectivity index (χ4v) is 1.90. The Morgan fingerprint density at radius 1 is 1.35 bits per heavy atom. The van der Waals surface area contributed by atoms with Crippen molar-refractivity contribution >= 4 is 11.6 Å². The van der Waals surface area contributed by atoms with E-state index in [4.69, 9.17) is 4.42 Å². The number of nitrogens with zero attached hydrogens (tertiary/aromatic N) is 2. The van der Waals surface area contributed by atoms with Crippen molar-refractivity contribution in [3.8, 4) is 11.5 Å². The second-order valence-electron chi connectivity index (χ2n) is 4.88. The Labute approximate surface area is 116 Å². The third-order valence-electron chi connectivity index (χ3n) is 3.09. The molecule has 2 aromatic rings. The van der Waals surface area contributed by atoms with E-state index in [1.54, 1.807) is 6.92 Å². The third kappa shape index (κ3) is 3.03. The summed E-state index contributed by atoms with van der Waals surface area (Å²) in [5, 5.41) is 13.8. The molecule has 0 bridgehead atoms. The first-order valence-corrected chi connectivity index (χ1v) is 6.65. The molecular weight excluding hydrogens is 256 g/mol. The number of para-hydroxylation sites is 1. The SMILES string of the molecule is Cc1nnc(-c2ccccc2NC(=O)CNC2CC2)o1. The van der Waals surface area contributed by atoms with Gasteiger partial charge in [-0.1, -0.05) is 12.1 Å². The molecule has 1 saturated carbocycles. The molecule has 0 radical (unpaired) electrons. The van der Waals surface area contributed by atoms with E-state index in [0.717, 1.165) is 18.4 Å².